The molecule has 0 amide bonds. The Morgan fingerprint density at radius 2 is 1.51 bits per heavy atom. The molecule has 1 aliphatic heterocycles. The minimum absolute atomic E-state index is 0.497. The lowest BCUT2D eigenvalue weighted by molar-refractivity contribution is 0.214. The molecule has 1 unspecified atom stereocenters. The maximum absolute atomic E-state index is 6.09. The van der Waals surface area contributed by atoms with Gasteiger partial charge < -0.3 is 19.1 Å². The summed E-state index contributed by atoms with van der Waals surface area (Å²) in [5.41, 5.74) is 6.95. The van der Waals surface area contributed by atoms with Gasteiger partial charge in [-0.05, 0) is 117 Å². The molecule has 220 valence electrons. The molecule has 3 aromatic rings. The SMILES string of the molecule is CCN(CCc1ccc(OCCN2CCCCCC2)cc1)c1cc(OC)ccc1C1CCc2cc(OC)ccc2C1. The zero-order valence-corrected chi connectivity index (χ0v) is 25.4. The van der Waals surface area contributed by atoms with Gasteiger partial charge in [0.2, 0.25) is 0 Å². The van der Waals surface area contributed by atoms with Gasteiger partial charge >= 0.3 is 0 Å². The minimum Gasteiger partial charge on any atom is -0.497 e. The number of fused-ring (bicyclic) bond motifs is 1. The maximum atomic E-state index is 6.09. The first kappa shape index (κ1) is 29.3. The fourth-order valence-electron chi connectivity index (χ4n) is 6.51. The first-order chi connectivity index (χ1) is 20.2. The van der Waals surface area contributed by atoms with E-state index < -0.39 is 0 Å². The zero-order valence-electron chi connectivity index (χ0n) is 25.4. The Balaban J connectivity index is 1.21. The van der Waals surface area contributed by atoms with Gasteiger partial charge in [-0.2, -0.15) is 0 Å². The van der Waals surface area contributed by atoms with Crippen molar-refractivity contribution < 1.29 is 14.2 Å². The van der Waals surface area contributed by atoms with Crippen molar-refractivity contribution in [1.29, 1.82) is 0 Å². The largest absolute Gasteiger partial charge is 0.497 e. The summed E-state index contributed by atoms with van der Waals surface area (Å²) in [5.74, 6) is 3.35. The highest BCUT2D eigenvalue weighted by Crippen LogP contribution is 2.40. The monoisotopic (exact) mass is 556 g/mol. The molecule has 0 bridgehead atoms. The lowest BCUT2D eigenvalue weighted by atomic mass is 9.79. The van der Waals surface area contributed by atoms with Crippen molar-refractivity contribution in [2.45, 2.75) is 64.2 Å². The van der Waals surface area contributed by atoms with E-state index in [1.165, 1.54) is 66.7 Å². The summed E-state index contributed by atoms with van der Waals surface area (Å²) in [4.78, 5) is 5.07. The molecule has 1 atom stereocenters. The predicted octanol–water partition coefficient (Wildman–Crippen LogP) is 7.30. The molecule has 5 heteroatoms. The summed E-state index contributed by atoms with van der Waals surface area (Å²) in [7, 11) is 3.51. The minimum atomic E-state index is 0.497. The second-order valence-corrected chi connectivity index (χ2v) is 11.6. The van der Waals surface area contributed by atoms with Crippen LogP contribution in [-0.4, -0.2) is 58.5 Å². The highest BCUT2D eigenvalue weighted by Gasteiger charge is 2.24. The Labute approximate surface area is 247 Å². The molecule has 0 N–H and O–H groups in total. The number of ether oxygens (including phenoxy) is 3. The molecule has 0 radical (unpaired) electrons. The lowest BCUT2D eigenvalue weighted by Crippen LogP contribution is -2.29. The van der Waals surface area contributed by atoms with Crippen molar-refractivity contribution in [2.24, 2.45) is 0 Å². The van der Waals surface area contributed by atoms with E-state index in [0.717, 1.165) is 69.2 Å². The van der Waals surface area contributed by atoms with Crippen LogP contribution in [-0.2, 0) is 19.3 Å². The molecule has 5 rings (SSSR count). The number of rotatable bonds is 12. The van der Waals surface area contributed by atoms with Gasteiger partial charge in [-0.25, -0.2) is 0 Å². The molecule has 0 saturated carbocycles. The average molecular weight is 557 g/mol. The summed E-state index contributed by atoms with van der Waals surface area (Å²) in [6.07, 6.45) is 9.69. The second kappa shape index (κ2) is 14.6. The number of hydrogen-bond acceptors (Lipinski definition) is 5. The quantitative estimate of drug-likeness (QED) is 0.234. The topological polar surface area (TPSA) is 34.2 Å². The number of methoxy groups -OCH3 is 2. The van der Waals surface area contributed by atoms with Crippen LogP contribution >= 0.6 is 0 Å². The van der Waals surface area contributed by atoms with Crippen molar-refractivity contribution in [3.63, 3.8) is 0 Å². The van der Waals surface area contributed by atoms with E-state index in [1.54, 1.807) is 14.2 Å². The van der Waals surface area contributed by atoms with Crippen molar-refractivity contribution >= 4 is 5.69 Å². The Kier molecular flexibility index (Phi) is 10.5. The fourth-order valence-corrected chi connectivity index (χ4v) is 6.51. The number of hydrogen-bond donors (Lipinski definition) is 0. The standard InChI is InChI=1S/C36H48N2O3/c1-4-38(22-19-28-9-14-32(15-10-28)41-24-23-37-20-7-5-6-8-21-37)36-27-34(40-3)17-18-35(36)31-12-11-30-26-33(39-2)16-13-29(30)25-31/h9-10,13-18,26-27,31H,4-8,11-12,19-25H2,1-3H3. The van der Waals surface area contributed by atoms with Gasteiger partial charge in [0, 0.05) is 31.4 Å². The smallest absolute Gasteiger partial charge is 0.120 e. The summed E-state index contributed by atoms with van der Waals surface area (Å²) < 4.78 is 17.2. The Morgan fingerprint density at radius 3 is 2.24 bits per heavy atom. The van der Waals surface area contributed by atoms with Crippen LogP contribution in [0, 0.1) is 0 Å². The predicted molar refractivity (Wildman–Crippen MR) is 169 cm³/mol. The highest BCUT2D eigenvalue weighted by atomic mass is 16.5. The number of anilines is 1. The van der Waals surface area contributed by atoms with Crippen LogP contribution < -0.4 is 19.1 Å². The van der Waals surface area contributed by atoms with Crippen molar-refractivity contribution in [2.75, 3.05) is 58.5 Å². The van der Waals surface area contributed by atoms with E-state index in [0.29, 0.717) is 5.92 Å². The molecular formula is C36H48N2O3. The number of aryl methyl sites for hydroxylation is 1. The van der Waals surface area contributed by atoms with E-state index in [4.69, 9.17) is 14.2 Å². The van der Waals surface area contributed by atoms with E-state index in [9.17, 15) is 0 Å². The van der Waals surface area contributed by atoms with E-state index in [2.05, 4.69) is 77.4 Å². The lowest BCUT2D eigenvalue weighted by Gasteiger charge is -2.32. The normalized spacial score (nSPS) is 17.4. The van der Waals surface area contributed by atoms with E-state index in [1.807, 2.05) is 0 Å². The average Bonchev–Trinajstić information content (AvgIpc) is 3.30. The zero-order chi connectivity index (χ0) is 28.4. The van der Waals surface area contributed by atoms with Crippen LogP contribution in [0.5, 0.6) is 17.2 Å². The third kappa shape index (κ3) is 7.77. The highest BCUT2D eigenvalue weighted by molar-refractivity contribution is 5.59. The molecular weight excluding hydrogens is 508 g/mol. The maximum Gasteiger partial charge on any atom is 0.120 e. The number of likely N-dealkylation sites (tertiary alicyclic amines) is 1. The van der Waals surface area contributed by atoms with Crippen molar-refractivity contribution in [1.82, 2.24) is 4.90 Å². The molecule has 1 fully saturated rings. The molecule has 0 aromatic heterocycles. The Bertz CT molecular complexity index is 1230. The van der Waals surface area contributed by atoms with E-state index in [-0.39, 0.29) is 0 Å². The van der Waals surface area contributed by atoms with Crippen molar-refractivity contribution in [3.8, 4) is 17.2 Å². The van der Waals surface area contributed by atoms with Gasteiger partial charge in [-0.3, -0.25) is 4.90 Å². The van der Waals surface area contributed by atoms with Crippen LogP contribution in [0.15, 0.2) is 60.7 Å². The molecule has 1 saturated heterocycles. The molecule has 0 spiro atoms. The second-order valence-electron chi connectivity index (χ2n) is 11.6. The van der Waals surface area contributed by atoms with Gasteiger partial charge in [0.25, 0.3) is 0 Å². The van der Waals surface area contributed by atoms with Gasteiger partial charge in [-0.1, -0.05) is 37.1 Å². The third-order valence-electron chi connectivity index (χ3n) is 9.01. The summed E-state index contributed by atoms with van der Waals surface area (Å²) in [5, 5.41) is 0. The van der Waals surface area contributed by atoms with Crippen molar-refractivity contribution in [3.05, 3.63) is 82.9 Å². The molecule has 1 heterocycles. The van der Waals surface area contributed by atoms with Gasteiger partial charge in [-0.15, -0.1) is 0 Å². The summed E-state index contributed by atoms with van der Waals surface area (Å²) in [6.45, 7) is 8.40. The fraction of sp³-hybridized carbons (Fsp3) is 0.500. The van der Waals surface area contributed by atoms with Crippen LogP contribution in [0.2, 0.25) is 0 Å². The molecule has 2 aliphatic rings. The summed E-state index contributed by atoms with van der Waals surface area (Å²) in [6, 6.07) is 22.0. The number of likely N-dealkylation sites (N-methyl/N-ethyl adjacent to an activating group) is 1. The van der Waals surface area contributed by atoms with Gasteiger partial charge in [0.05, 0.1) is 14.2 Å². The molecule has 41 heavy (non-hydrogen) atoms. The van der Waals surface area contributed by atoms with Gasteiger partial charge in [0.1, 0.15) is 23.9 Å². The van der Waals surface area contributed by atoms with Crippen LogP contribution in [0.4, 0.5) is 5.69 Å². The van der Waals surface area contributed by atoms with Crippen LogP contribution in [0.1, 0.15) is 67.2 Å². The Hall–Kier alpha value is -3.18. The molecule has 1 aliphatic carbocycles. The first-order valence-electron chi connectivity index (χ1n) is 15.7. The van der Waals surface area contributed by atoms with Crippen LogP contribution in [0.25, 0.3) is 0 Å². The van der Waals surface area contributed by atoms with Crippen LogP contribution in [0.3, 0.4) is 0 Å². The first-order valence-corrected chi connectivity index (χ1v) is 15.7. The molecule has 3 aromatic carbocycles. The Morgan fingerprint density at radius 1 is 0.805 bits per heavy atom. The van der Waals surface area contributed by atoms with E-state index >= 15 is 0 Å². The molecule has 5 nitrogen and oxygen atoms in total. The third-order valence-corrected chi connectivity index (χ3v) is 9.01. The summed E-state index contributed by atoms with van der Waals surface area (Å²) >= 11 is 0. The number of benzene rings is 3. The number of nitrogens with zero attached hydrogens (tertiary/aromatic N) is 2. The van der Waals surface area contributed by atoms with Gasteiger partial charge in [0.15, 0.2) is 0 Å².